The average Bonchev–Trinajstić information content (AvgIpc) is 2.28. The summed E-state index contributed by atoms with van der Waals surface area (Å²) in [5.41, 5.74) is 6.14. The van der Waals surface area contributed by atoms with Crippen LogP contribution in [0.15, 0.2) is 24.3 Å². The fourth-order valence-electron chi connectivity index (χ4n) is 1.38. The van der Waals surface area contributed by atoms with Gasteiger partial charge >= 0.3 is 0 Å². The molecule has 0 saturated heterocycles. The Kier molecular flexibility index (Phi) is 3.62. The fraction of sp³-hybridized carbons (Fsp3) is 0.455. The first kappa shape index (κ1) is 12.6. The topological polar surface area (TPSA) is 89.4 Å². The number of nitrogens with zero attached hydrogens (tertiary/aromatic N) is 1. The highest BCUT2D eigenvalue weighted by Gasteiger charge is 2.27. The molecule has 16 heavy (non-hydrogen) atoms. The molecule has 3 N–H and O–H groups in total. The number of aliphatic hydroxyl groups excluding tert-OH is 1. The molecule has 1 aromatic rings. The number of hydrogen-bond donors (Lipinski definition) is 2. The zero-order valence-corrected chi connectivity index (χ0v) is 9.38. The van der Waals surface area contributed by atoms with E-state index in [9.17, 15) is 15.2 Å². The SMILES string of the molecule is CC(C)(CO)[C@@H](N)c1cccc([N+](=O)[O-])c1. The van der Waals surface area contributed by atoms with Crippen LogP contribution in [0.2, 0.25) is 0 Å². The summed E-state index contributed by atoms with van der Waals surface area (Å²) in [6, 6.07) is 5.76. The van der Waals surface area contributed by atoms with Crippen molar-refractivity contribution < 1.29 is 10.0 Å². The van der Waals surface area contributed by atoms with Gasteiger partial charge < -0.3 is 10.8 Å². The van der Waals surface area contributed by atoms with Crippen LogP contribution in [0.25, 0.3) is 0 Å². The van der Waals surface area contributed by atoms with Gasteiger partial charge in [-0.1, -0.05) is 26.0 Å². The van der Waals surface area contributed by atoms with Crippen LogP contribution >= 0.6 is 0 Å². The molecule has 0 bridgehead atoms. The van der Waals surface area contributed by atoms with E-state index in [-0.39, 0.29) is 12.3 Å². The third kappa shape index (κ3) is 2.56. The summed E-state index contributed by atoms with van der Waals surface area (Å²) in [5.74, 6) is 0. The van der Waals surface area contributed by atoms with Crippen LogP contribution in [0.1, 0.15) is 25.5 Å². The van der Waals surface area contributed by atoms with Gasteiger partial charge in [0.2, 0.25) is 0 Å². The Morgan fingerprint density at radius 2 is 2.19 bits per heavy atom. The van der Waals surface area contributed by atoms with E-state index in [0.29, 0.717) is 5.56 Å². The van der Waals surface area contributed by atoms with Crippen molar-refractivity contribution in [1.29, 1.82) is 0 Å². The van der Waals surface area contributed by atoms with Crippen LogP contribution in [0.3, 0.4) is 0 Å². The number of nitrogens with two attached hydrogens (primary N) is 1. The maximum atomic E-state index is 10.6. The molecule has 0 unspecified atom stereocenters. The van der Waals surface area contributed by atoms with Gasteiger partial charge in [0.15, 0.2) is 0 Å². The highest BCUT2D eigenvalue weighted by Crippen LogP contribution is 2.31. The minimum absolute atomic E-state index is 0.0155. The fourth-order valence-corrected chi connectivity index (χ4v) is 1.38. The van der Waals surface area contributed by atoms with E-state index in [1.54, 1.807) is 12.1 Å². The molecule has 0 saturated carbocycles. The molecule has 5 nitrogen and oxygen atoms in total. The summed E-state index contributed by atoms with van der Waals surface area (Å²) in [6.45, 7) is 3.56. The Labute approximate surface area is 94.0 Å². The number of nitro groups is 1. The maximum absolute atomic E-state index is 10.6. The van der Waals surface area contributed by atoms with Crippen molar-refractivity contribution in [1.82, 2.24) is 0 Å². The molecule has 0 aromatic heterocycles. The second-order valence-corrected chi connectivity index (χ2v) is 4.48. The summed E-state index contributed by atoms with van der Waals surface area (Å²) in [4.78, 5) is 10.2. The van der Waals surface area contributed by atoms with Gasteiger partial charge in [0.1, 0.15) is 0 Å². The van der Waals surface area contributed by atoms with Crippen LogP contribution in [0.5, 0.6) is 0 Å². The second-order valence-electron chi connectivity index (χ2n) is 4.48. The minimum Gasteiger partial charge on any atom is -0.396 e. The van der Waals surface area contributed by atoms with Crippen molar-refractivity contribution in [3.05, 3.63) is 39.9 Å². The van der Waals surface area contributed by atoms with Crippen molar-refractivity contribution in [3.63, 3.8) is 0 Å². The van der Waals surface area contributed by atoms with Gasteiger partial charge in [0, 0.05) is 30.2 Å². The van der Waals surface area contributed by atoms with E-state index in [4.69, 9.17) is 5.73 Å². The highest BCUT2D eigenvalue weighted by atomic mass is 16.6. The molecule has 0 spiro atoms. The number of non-ortho nitro benzene ring substituents is 1. The molecule has 0 amide bonds. The van der Waals surface area contributed by atoms with E-state index in [2.05, 4.69) is 0 Å². The molecule has 0 aliphatic rings. The number of aliphatic hydroxyl groups is 1. The Morgan fingerprint density at radius 1 is 1.56 bits per heavy atom. The minimum atomic E-state index is -0.505. The standard InChI is InChI=1S/C11H16N2O3/c1-11(2,7-14)10(12)8-4-3-5-9(6-8)13(15)16/h3-6,10,14H,7,12H2,1-2H3/t10-/m0/s1. The Balaban J connectivity index is 3.05. The first-order valence-corrected chi connectivity index (χ1v) is 4.99. The molecule has 0 fully saturated rings. The third-order valence-corrected chi connectivity index (χ3v) is 2.69. The molecule has 0 heterocycles. The Hall–Kier alpha value is -1.46. The van der Waals surface area contributed by atoms with Gasteiger partial charge in [-0.25, -0.2) is 0 Å². The molecule has 0 radical (unpaired) electrons. The van der Waals surface area contributed by atoms with Gasteiger partial charge in [-0.15, -0.1) is 0 Å². The molecule has 1 atom stereocenters. The maximum Gasteiger partial charge on any atom is 0.269 e. The van der Waals surface area contributed by atoms with Crippen molar-refractivity contribution in [3.8, 4) is 0 Å². The molecule has 5 heteroatoms. The van der Waals surface area contributed by atoms with E-state index < -0.39 is 16.4 Å². The number of benzene rings is 1. The molecular formula is C11H16N2O3. The van der Waals surface area contributed by atoms with Crippen LogP contribution in [0.4, 0.5) is 5.69 Å². The number of nitro benzene ring substituents is 1. The number of rotatable bonds is 4. The van der Waals surface area contributed by atoms with Crippen LogP contribution in [-0.2, 0) is 0 Å². The van der Waals surface area contributed by atoms with E-state index >= 15 is 0 Å². The normalized spacial score (nSPS) is 13.5. The monoisotopic (exact) mass is 224 g/mol. The van der Waals surface area contributed by atoms with Crippen molar-refractivity contribution >= 4 is 5.69 Å². The van der Waals surface area contributed by atoms with E-state index in [0.717, 1.165) is 0 Å². The first-order valence-electron chi connectivity index (χ1n) is 4.99. The van der Waals surface area contributed by atoms with Crippen LogP contribution in [0, 0.1) is 15.5 Å². The van der Waals surface area contributed by atoms with E-state index in [1.807, 2.05) is 13.8 Å². The van der Waals surface area contributed by atoms with Gasteiger partial charge in [0.05, 0.1) is 4.92 Å². The summed E-state index contributed by atoms with van der Waals surface area (Å²) in [7, 11) is 0. The summed E-state index contributed by atoms with van der Waals surface area (Å²) >= 11 is 0. The Morgan fingerprint density at radius 3 is 2.69 bits per heavy atom. The van der Waals surface area contributed by atoms with Gasteiger partial charge in [-0.3, -0.25) is 10.1 Å². The van der Waals surface area contributed by atoms with E-state index in [1.165, 1.54) is 12.1 Å². The van der Waals surface area contributed by atoms with Gasteiger partial charge in [-0.2, -0.15) is 0 Å². The summed E-state index contributed by atoms with van der Waals surface area (Å²) < 4.78 is 0. The zero-order valence-electron chi connectivity index (χ0n) is 9.38. The first-order chi connectivity index (χ1) is 7.38. The predicted molar refractivity (Wildman–Crippen MR) is 60.9 cm³/mol. The molecular weight excluding hydrogens is 208 g/mol. The van der Waals surface area contributed by atoms with Crippen molar-refractivity contribution in [2.45, 2.75) is 19.9 Å². The zero-order chi connectivity index (χ0) is 12.3. The predicted octanol–water partition coefficient (Wildman–Crippen LogP) is 1.61. The van der Waals surface area contributed by atoms with Crippen molar-refractivity contribution in [2.24, 2.45) is 11.1 Å². The van der Waals surface area contributed by atoms with Gasteiger partial charge in [-0.05, 0) is 5.56 Å². The Bertz CT molecular complexity index is 391. The lowest BCUT2D eigenvalue weighted by Crippen LogP contribution is -2.32. The van der Waals surface area contributed by atoms with Crippen LogP contribution < -0.4 is 5.73 Å². The van der Waals surface area contributed by atoms with Gasteiger partial charge in [0.25, 0.3) is 5.69 Å². The molecule has 0 aliphatic heterocycles. The smallest absolute Gasteiger partial charge is 0.269 e. The lowest BCUT2D eigenvalue weighted by molar-refractivity contribution is -0.384. The summed E-state index contributed by atoms with van der Waals surface area (Å²) in [6.07, 6.45) is 0. The molecule has 1 rings (SSSR count). The van der Waals surface area contributed by atoms with Crippen molar-refractivity contribution in [2.75, 3.05) is 6.61 Å². The lowest BCUT2D eigenvalue weighted by Gasteiger charge is -2.29. The molecule has 88 valence electrons. The molecule has 1 aromatic carbocycles. The highest BCUT2D eigenvalue weighted by molar-refractivity contribution is 5.36. The second kappa shape index (κ2) is 4.59. The van der Waals surface area contributed by atoms with Crippen LogP contribution in [-0.4, -0.2) is 16.6 Å². The number of hydrogen-bond acceptors (Lipinski definition) is 4. The quantitative estimate of drug-likeness (QED) is 0.600. The lowest BCUT2D eigenvalue weighted by atomic mass is 9.82. The largest absolute Gasteiger partial charge is 0.396 e. The summed E-state index contributed by atoms with van der Waals surface area (Å²) in [5, 5.41) is 19.8. The third-order valence-electron chi connectivity index (χ3n) is 2.69. The molecule has 0 aliphatic carbocycles. The average molecular weight is 224 g/mol.